The Balaban J connectivity index is 5.14. The van der Waals surface area contributed by atoms with E-state index in [1.54, 1.807) is 48.5 Å². The van der Waals surface area contributed by atoms with Gasteiger partial charge in [-0.1, -0.05) is 0 Å². The molecule has 7 heteroatoms. The van der Waals surface area contributed by atoms with Gasteiger partial charge in [0.2, 0.25) is 0 Å². The molecule has 0 atom stereocenters. The largest absolute Gasteiger partial charge is 0.465 e. The Hall–Kier alpha value is -1.63. The fraction of sp³-hybridized carbons (Fsp3) is 0.812. The molecule has 0 unspecified atom stereocenters. The summed E-state index contributed by atoms with van der Waals surface area (Å²) in [6.45, 7) is 11.9. The van der Waals surface area contributed by atoms with Gasteiger partial charge in [0.25, 0.3) is 0 Å². The summed E-state index contributed by atoms with van der Waals surface area (Å²) >= 11 is 0. The maximum atomic E-state index is 12.1. The van der Waals surface area contributed by atoms with E-state index >= 15 is 0 Å². The van der Waals surface area contributed by atoms with Crippen molar-refractivity contribution >= 4 is 17.9 Å². The topological polar surface area (TPSA) is 105 Å². The smallest absolute Gasteiger partial charge is 0.327 e. The van der Waals surface area contributed by atoms with Crippen LogP contribution in [0, 0.1) is 0 Å². The van der Waals surface area contributed by atoms with Crippen LogP contribution in [0.25, 0.3) is 0 Å². The normalized spacial score (nSPS) is 12.5. The summed E-state index contributed by atoms with van der Waals surface area (Å²) < 4.78 is 15.2. The monoisotopic (exact) mass is 331 g/mol. The van der Waals surface area contributed by atoms with Crippen molar-refractivity contribution in [2.45, 2.75) is 78.0 Å². The molecule has 0 saturated carbocycles. The molecule has 2 N–H and O–H groups in total. The van der Waals surface area contributed by atoms with E-state index in [1.165, 1.54) is 0 Å². The van der Waals surface area contributed by atoms with Crippen LogP contribution in [0.4, 0.5) is 0 Å². The zero-order chi connectivity index (χ0) is 18.5. The quantitative estimate of drug-likeness (QED) is 0.583. The van der Waals surface area contributed by atoms with Gasteiger partial charge >= 0.3 is 17.9 Å². The molecule has 0 spiro atoms. The molecule has 0 aromatic carbocycles. The molecule has 7 nitrogen and oxygen atoms in total. The first-order valence-corrected chi connectivity index (χ1v) is 7.58. The van der Waals surface area contributed by atoms with Gasteiger partial charge in [-0.05, 0) is 48.5 Å². The number of hydrogen-bond acceptors (Lipinski definition) is 7. The van der Waals surface area contributed by atoms with Crippen molar-refractivity contribution in [3.05, 3.63) is 0 Å². The molecule has 0 amide bonds. The lowest BCUT2D eigenvalue weighted by atomic mass is 9.92. The van der Waals surface area contributed by atoms with E-state index in [2.05, 4.69) is 0 Å². The maximum absolute atomic E-state index is 12.1. The van der Waals surface area contributed by atoms with E-state index in [0.29, 0.717) is 0 Å². The minimum Gasteiger partial charge on any atom is -0.465 e. The van der Waals surface area contributed by atoms with E-state index in [4.69, 9.17) is 19.9 Å². The third-order valence-electron chi connectivity index (χ3n) is 2.44. The van der Waals surface area contributed by atoms with Gasteiger partial charge in [-0.15, -0.1) is 0 Å². The molecule has 134 valence electrons. The van der Waals surface area contributed by atoms with Crippen molar-refractivity contribution in [3.63, 3.8) is 0 Å². The first kappa shape index (κ1) is 21.4. The Morgan fingerprint density at radius 1 is 0.826 bits per heavy atom. The van der Waals surface area contributed by atoms with Gasteiger partial charge in [0, 0.05) is 0 Å². The van der Waals surface area contributed by atoms with Crippen molar-refractivity contribution in [1.29, 1.82) is 0 Å². The van der Waals surface area contributed by atoms with E-state index in [9.17, 15) is 14.4 Å². The molecule has 0 aliphatic carbocycles. The Bertz CT molecular complexity index is 414. The number of carbonyl (C=O) groups excluding carboxylic acids is 3. The van der Waals surface area contributed by atoms with E-state index in [-0.39, 0.29) is 6.61 Å². The predicted molar refractivity (Wildman–Crippen MR) is 84.5 cm³/mol. The van der Waals surface area contributed by atoms with Gasteiger partial charge in [0.15, 0.2) is 0 Å². The van der Waals surface area contributed by atoms with Gasteiger partial charge in [-0.25, -0.2) is 0 Å². The van der Waals surface area contributed by atoms with Crippen molar-refractivity contribution in [3.8, 4) is 0 Å². The van der Waals surface area contributed by atoms with E-state index in [0.717, 1.165) is 0 Å². The zero-order valence-corrected chi connectivity index (χ0v) is 15.1. The third kappa shape index (κ3) is 9.18. The van der Waals surface area contributed by atoms with Gasteiger partial charge < -0.3 is 19.9 Å². The van der Waals surface area contributed by atoms with Crippen LogP contribution in [0.2, 0.25) is 0 Å². The van der Waals surface area contributed by atoms with Crippen molar-refractivity contribution in [2.75, 3.05) is 6.61 Å². The first-order chi connectivity index (χ1) is 10.2. The highest BCUT2D eigenvalue weighted by molar-refractivity contribution is 5.91. The van der Waals surface area contributed by atoms with Crippen molar-refractivity contribution in [1.82, 2.24) is 0 Å². The highest BCUT2D eigenvalue weighted by atomic mass is 16.6. The summed E-state index contributed by atoms with van der Waals surface area (Å²) in [4.78, 5) is 36.1. The molecule has 0 bridgehead atoms. The molecular weight excluding hydrogens is 302 g/mol. The zero-order valence-electron chi connectivity index (χ0n) is 15.1. The average molecular weight is 331 g/mol. The molecule has 0 rings (SSSR count). The number of hydrogen-bond donors (Lipinski definition) is 1. The fourth-order valence-electron chi connectivity index (χ4n) is 1.75. The average Bonchev–Trinajstić information content (AvgIpc) is 2.22. The van der Waals surface area contributed by atoms with Crippen LogP contribution in [0.5, 0.6) is 0 Å². The summed E-state index contributed by atoms with van der Waals surface area (Å²) in [6.07, 6.45) is -0.940. The number of ether oxygens (including phenoxy) is 3. The minimum atomic E-state index is -1.82. The third-order valence-corrected chi connectivity index (χ3v) is 2.44. The van der Waals surface area contributed by atoms with Crippen LogP contribution >= 0.6 is 0 Å². The molecule has 0 aromatic heterocycles. The Labute approximate surface area is 137 Å². The lowest BCUT2D eigenvalue weighted by Crippen LogP contribution is -2.53. The number of carbonyl (C=O) groups is 3. The summed E-state index contributed by atoms with van der Waals surface area (Å²) in [5, 5.41) is 0. The summed E-state index contributed by atoms with van der Waals surface area (Å²) in [7, 11) is 0. The summed E-state index contributed by atoms with van der Waals surface area (Å²) in [5.74, 6) is -2.20. The number of nitrogens with two attached hydrogens (primary N) is 1. The second kappa shape index (κ2) is 7.77. The van der Waals surface area contributed by atoms with Gasteiger partial charge in [0.1, 0.15) is 16.7 Å². The van der Waals surface area contributed by atoms with Crippen LogP contribution in [0.3, 0.4) is 0 Å². The van der Waals surface area contributed by atoms with Gasteiger partial charge in [0.05, 0.1) is 19.4 Å². The first-order valence-electron chi connectivity index (χ1n) is 7.58. The molecule has 0 aliphatic heterocycles. The van der Waals surface area contributed by atoms with Crippen molar-refractivity contribution in [2.24, 2.45) is 5.73 Å². The van der Waals surface area contributed by atoms with Crippen LogP contribution in [-0.4, -0.2) is 41.3 Å². The molecule has 23 heavy (non-hydrogen) atoms. The van der Waals surface area contributed by atoms with E-state index < -0.39 is 47.5 Å². The summed E-state index contributed by atoms with van der Waals surface area (Å²) in [6, 6.07) is 0. The molecular formula is C16H29NO6. The Kier molecular flexibility index (Phi) is 7.22. The van der Waals surface area contributed by atoms with Crippen LogP contribution in [-0.2, 0) is 28.6 Å². The molecule has 0 radical (unpaired) electrons. The lowest BCUT2D eigenvalue weighted by Gasteiger charge is -2.29. The highest BCUT2D eigenvalue weighted by Crippen LogP contribution is 2.21. The molecule has 0 aliphatic rings. The van der Waals surface area contributed by atoms with Crippen LogP contribution in [0.1, 0.15) is 61.3 Å². The van der Waals surface area contributed by atoms with Gasteiger partial charge in [-0.2, -0.15) is 0 Å². The summed E-state index contributed by atoms with van der Waals surface area (Å²) in [5.41, 5.74) is 2.72. The van der Waals surface area contributed by atoms with Crippen LogP contribution in [0.15, 0.2) is 0 Å². The second-order valence-electron chi connectivity index (χ2n) is 7.40. The molecule has 0 fully saturated rings. The second-order valence-corrected chi connectivity index (χ2v) is 7.40. The molecule has 0 saturated heterocycles. The standard InChI is InChI=1S/C16H29NO6/c1-8-21-13(20)16(17,9-11(18)22-14(2,3)4)10-12(19)23-15(5,6)7/h8-10,17H2,1-7H3. The Morgan fingerprint density at radius 3 is 1.43 bits per heavy atom. The van der Waals surface area contributed by atoms with Crippen molar-refractivity contribution < 1.29 is 28.6 Å². The van der Waals surface area contributed by atoms with Crippen LogP contribution < -0.4 is 5.73 Å². The maximum Gasteiger partial charge on any atom is 0.327 e. The van der Waals surface area contributed by atoms with E-state index in [1.807, 2.05) is 0 Å². The lowest BCUT2D eigenvalue weighted by molar-refractivity contribution is -0.167. The molecule has 0 heterocycles. The predicted octanol–water partition coefficient (Wildman–Crippen LogP) is 1.71. The highest BCUT2D eigenvalue weighted by Gasteiger charge is 2.42. The Morgan fingerprint density at radius 2 is 1.17 bits per heavy atom. The SMILES string of the molecule is CCOC(=O)C(N)(CC(=O)OC(C)(C)C)CC(=O)OC(C)(C)C. The number of rotatable bonds is 6. The fourth-order valence-corrected chi connectivity index (χ4v) is 1.75. The van der Waals surface area contributed by atoms with Gasteiger partial charge in [-0.3, -0.25) is 14.4 Å². The molecule has 0 aromatic rings. The minimum absolute atomic E-state index is 0.0838. The number of esters is 3.